The summed E-state index contributed by atoms with van der Waals surface area (Å²) in [5.74, 6) is 0.0983. The van der Waals surface area contributed by atoms with Crippen molar-refractivity contribution in [2.24, 2.45) is 0 Å². The van der Waals surface area contributed by atoms with Crippen LogP contribution in [0.25, 0.3) is 11.4 Å². The van der Waals surface area contributed by atoms with E-state index < -0.39 is 11.7 Å². The molecule has 0 aliphatic carbocycles. The number of benzene rings is 2. The Bertz CT molecular complexity index is 1460. The first kappa shape index (κ1) is 33.4. The van der Waals surface area contributed by atoms with Crippen molar-refractivity contribution in [3.05, 3.63) is 77.6 Å². The lowest BCUT2D eigenvalue weighted by Gasteiger charge is -2.33. The molecule has 1 N–H and O–H groups in total. The van der Waals surface area contributed by atoms with Gasteiger partial charge in [-0.05, 0) is 70.4 Å². The Labute approximate surface area is 266 Å². The fourth-order valence-electron chi connectivity index (χ4n) is 5.03. The van der Waals surface area contributed by atoms with Crippen LogP contribution in [0.15, 0.2) is 60.9 Å². The van der Waals surface area contributed by atoms with Gasteiger partial charge in [-0.1, -0.05) is 36.4 Å². The number of aryl methyl sites for hydroxylation is 1. The molecule has 0 unspecified atom stereocenters. The lowest BCUT2D eigenvalue weighted by Crippen LogP contribution is -2.51. The average molecular weight is 616 g/mol. The van der Waals surface area contributed by atoms with Gasteiger partial charge in [0.05, 0.1) is 6.54 Å². The molecule has 11 heteroatoms. The standard InChI is InChI=1S/C34H45N7O4/c1-24(2)41(33(44)45-34(4,5)6)18-17-39(23-31(43)38(7)40-21-27-11-8-9-12-28(27)22-40)30(42)20-37-29-19-26(14-13-25(29)3)32-35-15-10-16-36-32/h8-16,19,24,37H,17-18,20-23H2,1-7H3. The first-order chi connectivity index (χ1) is 21.3. The number of hydrogen-bond donors (Lipinski definition) is 1. The van der Waals surface area contributed by atoms with Crippen molar-refractivity contribution >= 4 is 23.6 Å². The maximum absolute atomic E-state index is 13.7. The molecule has 0 bridgehead atoms. The molecule has 2 heterocycles. The highest BCUT2D eigenvalue weighted by Crippen LogP contribution is 2.24. The van der Waals surface area contributed by atoms with E-state index in [1.54, 1.807) is 35.4 Å². The highest BCUT2D eigenvalue weighted by atomic mass is 16.6. The van der Waals surface area contributed by atoms with Gasteiger partial charge in [0.1, 0.15) is 12.1 Å². The number of carbonyl (C=O) groups excluding carboxylic acids is 3. The minimum absolute atomic E-state index is 0.0415. The number of nitrogens with one attached hydrogen (secondary N) is 1. The third kappa shape index (κ3) is 9.01. The van der Waals surface area contributed by atoms with Gasteiger partial charge in [-0.15, -0.1) is 0 Å². The maximum Gasteiger partial charge on any atom is 0.410 e. The number of nitrogens with zero attached hydrogens (tertiary/aromatic N) is 6. The van der Waals surface area contributed by atoms with E-state index in [0.717, 1.165) is 16.8 Å². The van der Waals surface area contributed by atoms with E-state index in [4.69, 9.17) is 4.74 Å². The number of hydrazine groups is 1. The molecule has 0 saturated carbocycles. The third-order valence-electron chi connectivity index (χ3n) is 7.64. The van der Waals surface area contributed by atoms with E-state index in [2.05, 4.69) is 27.4 Å². The number of rotatable bonds is 11. The highest BCUT2D eigenvalue weighted by Gasteiger charge is 2.29. The monoisotopic (exact) mass is 615 g/mol. The van der Waals surface area contributed by atoms with Crippen molar-refractivity contribution in [1.29, 1.82) is 0 Å². The number of ether oxygens (including phenoxy) is 1. The largest absolute Gasteiger partial charge is 0.444 e. The molecule has 4 rings (SSSR count). The van der Waals surface area contributed by atoms with Crippen LogP contribution in [0.5, 0.6) is 0 Å². The summed E-state index contributed by atoms with van der Waals surface area (Å²) in [7, 11) is 1.73. The summed E-state index contributed by atoms with van der Waals surface area (Å²) >= 11 is 0. The Morgan fingerprint density at radius 1 is 0.956 bits per heavy atom. The summed E-state index contributed by atoms with van der Waals surface area (Å²) in [6.07, 6.45) is 2.91. The molecule has 1 aromatic heterocycles. The smallest absolute Gasteiger partial charge is 0.410 e. The van der Waals surface area contributed by atoms with Crippen molar-refractivity contribution in [2.45, 2.75) is 66.3 Å². The Balaban J connectivity index is 1.48. The molecular weight excluding hydrogens is 570 g/mol. The first-order valence-electron chi connectivity index (χ1n) is 15.3. The lowest BCUT2D eigenvalue weighted by molar-refractivity contribution is -0.151. The molecule has 0 atom stereocenters. The van der Waals surface area contributed by atoms with E-state index in [-0.39, 0.29) is 44.0 Å². The zero-order valence-corrected chi connectivity index (χ0v) is 27.4. The van der Waals surface area contributed by atoms with Crippen LogP contribution in [0.4, 0.5) is 10.5 Å². The minimum Gasteiger partial charge on any atom is -0.444 e. The minimum atomic E-state index is -0.660. The predicted octanol–water partition coefficient (Wildman–Crippen LogP) is 4.73. The number of anilines is 1. The van der Waals surface area contributed by atoms with Gasteiger partial charge in [-0.2, -0.15) is 0 Å². The predicted molar refractivity (Wildman–Crippen MR) is 174 cm³/mol. The number of aromatic nitrogens is 2. The number of carbonyl (C=O) groups is 3. The van der Waals surface area contributed by atoms with Crippen LogP contribution in [0.1, 0.15) is 51.3 Å². The van der Waals surface area contributed by atoms with Crippen LogP contribution in [0.3, 0.4) is 0 Å². The quantitative estimate of drug-likeness (QED) is 0.330. The van der Waals surface area contributed by atoms with E-state index in [1.165, 1.54) is 16.0 Å². The number of fused-ring (bicyclic) bond motifs is 1. The molecule has 3 amide bonds. The summed E-state index contributed by atoms with van der Waals surface area (Å²) in [6.45, 7) is 12.6. The zero-order valence-electron chi connectivity index (χ0n) is 27.4. The molecule has 0 fully saturated rings. The van der Waals surface area contributed by atoms with Gasteiger partial charge in [0.2, 0.25) is 5.91 Å². The van der Waals surface area contributed by atoms with Crippen LogP contribution in [0.2, 0.25) is 0 Å². The van der Waals surface area contributed by atoms with E-state index >= 15 is 0 Å². The summed E-state index contributed by atoms with van der Waals surface area (Å²) in [6, 6.07) is 15.5. The first-order valence-corrected chi connectivity index (χ1v) is 15.3. The fraction of sp³-hybridized carbons (Fsp3) is 0.441. The van der Waals surface area contributed by atoms with Gasteiger partial charge in [0, 0.05) is 62.9 Å². The van der Waals surface area contributed by atoms with Crippen molar-refractivity contribution < 1.29 is 19.1 Å². The summed E-state index contributed by atoms with van der Waals surface area (Å²) in [5, 5.41) is 6.81. The molecule has 240 valence electrons. The second-order valence-corrected chi connectivity index (χ2v) is 12.5. The molecule has 1 aliphatic rings. The summed E-state index contributed by atoms with van der Waals surface area (Å²) in [5.41, 5.74) is 4.24. The molecule has 0 spiro atoms. The molecule has 45 heavy (non-hydrogen) atoms. The van der Waals surface area contributed by atoms with Crippen molar-refractivity contribution in [3.63, 3.8) is 0 Å². The van der Waals surface area contributed by atoms with Crippen molar-refractivity contribution in [2.75, 3.05) is 38.5 Å². The Morgan fingerprint density at radius 3 is 2.20 bits per heavy atom. The highest BCUT2D eigenvalue weighted by molar-refractivity contribution is 5.87. The number of likely N-dealkylation sites (N-methyl/N-ethyl adjacent to an activating group) is 1. The van der Waals surface area contributed by atoms with Crippen LogP contribution < -0.4 is 5.32 Å². The maximum atomic E-state index is 13.7. The van der Waals surface area contributed by atoms with Gasteiger partial charge in [0.15, 0.2) is 5.82 Å². The Hall–Kier alpha value is -4.51. The molecule has 3 aromatic rings. The van der Waals surface area contributed by atoms with Crippen LogP contribution in [-0.4, -0.2) is 92.6 Å². The SMILES string of the molecule is Cc1ccc(-c2ncccn2)cc1NCC(=O)N(CCN(C(=O)OC(C)(C)C)C(C)C)CC(=O)N(C)N1Cc2ccccc2C1. The second-order valence-electron chi connectivity index (χ2n) is 12.5. The van der Waals surface area contributed by atoms with E-state index in [0.29, 0.717) is 18.9 Å². The zero-order chi connectivity index (χ0) is 32.7. The molecule has 0 saturated heterocycles. The van der Waals surface area contributed by atoms with E-state index in [9.17, 15) is 14.4 Å². The van der Waals surface area contributed by atoms with Gasteiger partial charge < -0.3 is 19.9 Å². The molecule has 0 radical (unpaired) electrons. The van der Waals surface area contributed by atoms with Crippen LogP contribution in [-0.2, 0) is 27.4 Å². The van der Waals surface area contributed by atoms with Gasteiger partial charge in [-0.25, -0.2) is 19.8 Å². The topological polar surface area (TPSA) is 111 Å². The molecular formula is C34H45N7O4. The lowest BCUT2D eigenvalue weighted by atomic mass is 10.1. The van der Waals surface area contributed by atoms with Crippen LogP contribution in [0, 0.1) is 6.92 Å². The molecule has 2 aromatic carbocycles. The second kappa shape index (κ2) is 14.5. The third-order valence-corrected chi connectivity index (χ3v) is 7.64. The van der Waals surface area contributed by atoms with Gasteiger partial charge >= 0.3 is 6.09 Å². The van der Waals surface area contributed by atoms with Gasteiger partial charge in [-0.3, -0.25) is 14.6 Å². The Morgan fingerprint density at radius 2 is 1.60 bits per heavy atom. The number of hydrogen-bond acceptors (Lipinski definition) is 8. The molecule has 11 nitrogen and oxygen atoms in total. The van der Waals surface area contributed by atoms with Crippen LogP contribution >= 0.6 is 0 Å². The molecule has 1 aliphatic heterocycles. The average Bonchev–Trinajstić information content (AvgIpc) is 3.43. The van der Waals surface area contributed by atoms with E-state index in [1.807, 2.05) is 76.9 Å². The summed E-state index contributed by atoms with van der Waals surface area (Å²) < 4.78 is 5.62. The van der Waals surface area contributed by atoms with Crippen molar-refractivity contribution in [3.8, 4) is 11.4 Å². The Kier molecular flexibility index (Phi) is 10.8. The summed E-state index contributed by atoms with van der Waals surface area (Å²) in [4.78, 5) is 52.0. The normalized spacial score (nSPS) is 12.9. The number of amides is 3. The van der Waals surface area contributed by atoms with Gasteiger partial charge in [0.25, 0.3) is 5.91 Å². The van der Waals surface area contributed by atoms with Crippen molar-refractivity contribution in [1.82, 2.24) is 29.8 Å². The fourth-order valence-corrected chi connectivity index (χ4v) is 5.03.